The predicted octanol–water partition coefficient (Wildman–Crippen LogP) is -2.68. The monoisotopic (exact) mass is 888 g/mol. The Bertz CT molecular complexity index is 1740. The highest BCUT2D eigenvalue weighted by Crippen LogP contribution is 2.22. The van der Waals surface area contributed by atoms with Crippen molar-refractivity contribution < 1.29 is 88.0 Å². The highest BCUT2D eigenvalue weighted by atomic mass is 19.1. The lowest BCUT2D eigenvalue weighted by Crippen LogP contribution is -2.61. The lowest BCUT2D eigenvalue weighted by atomic mass is 9.86. The molecule has 3 amide bonds. The molecule has 2 rings (SSSR count). The third-order valence-electron chi connectivity index (χ3n) is 10.2. The summed E-state index contributed by atoms with van der Waals surface area (Å²) in [6.45, 7) is 2.21. The minimum Gasteiger partial charge on any atom is -0.481 e. The van der Waals surface area contributed by atoms with Gasteiger partial charge in [0.25, 0.3) is 0 Å². The largest absolute Gasteiger partial charge is 0.481 e. The Balaban J connectivity index is 2.16. The molecule has 348 valence electrons. The zero-order chi connectivity index (χ0) is 46.8. The third kappa shape index (κ3) is 17.2. The number of ketones is 3. The van der Waals surface area contributed by atoms with Crippen molar-refractivity contribution in [3.8, 4) is 0 Å². The molecular weight excluding hydrogens is 831 g/mol. The number of aliphatic hydroxyl groups is 4. The molecule has 0 saturated carbocycles. The maximum absolute atomic E-state index is 13.7. The number of carbonyl (C=O) groups excluding carboxylic acids is 6. The lowest BCUT2D eigenvalue weighted by Gasteiger charge is -2.40. The summed E-state index contributed by atoms with van der Waals surface area (Å²) >= 11 is 0. The minimum atomic E-state index is -1.70. The summed E-state index contributed by atoms with van der Waals surface area (Å²) in [7, 11) is 0. The van der Waals surface area contributed by atoms with E-state index in [1.54, 1.807) is 0 Å². The van der Waals surface area contributed by atoms with E-state index in [2.05, 4.69) is 26.3 Å². The van der Waals surface area contributed by atoms with E-state index in [0.717, 1.165) is 4.68 Å². The maximum Gasteiger partial charge on any atom is 0.305 e. The molecule has 1 aromatic rings. The molecule has 0 radical (unpaired) electrons. The fourth-order valence-corrected chi connectivity index (χ4v) is 6.59. The molecule has 2 heterocycles. The van der Waals surface area contributed by atoms with Crippen molar-refractivity contribution in [2.75, 3.05) is 19.8 Å². The van der Waals surface area contributed by atoms with E-state index in [1.165, 1.54) is 27.0 Å². The van der Waals surface area contributed by atoms with Crippen LogP contribution < -0.4 is 16.0 Å². The number of carboxylic acids is 3. The van der Waals surface area contributed by atoms with Gasteiger partial charge in [0, 0.05) is 50.3 Å². The number of aromatic nitrogens is 3. The van der Waals surface area contributed by atoms with Crippen LogP contribution in [0, 0.1) is 23.7 Å². The van der Waals surface area contributed by atoms with Gasteiger partial charge < -0.3 is 56.4 Å². The molecule has 10 N–H and O–H groups in total. The molecule has 0 aromatic carbocycles. The number of nitrogens with zero attached hydrogens (tertiary/aromatic N) is 3. The van der Waals surface area contributed by atoms with E-state index in [4.69, 9.17) is 4.74 Å². The summed E-state index contributed by atoms with van der Waals surface area (Å²) < 4.78 is 19.0. The predicted molar refractivity (Wildman–Crippen MR) is 206 cm³/mol. The fraction of sp³-hybridized carbons (Fsp3) is 0.711. The van der Waals surface area contributed by atoms with Crippen LogP contribution in [0.3, 0.4) is 0 Å². The van der Waals surface area contributed by atoms with Crippen LogP contribution in [-0.2, 0) is 60.9 Å². The Morgan fingerprint density at radius 2 is 1.39 bits per heavy atom. The first-order valence-corrected chi connectivity index (χ1v) is 19.9. The van der Waals surface area contributed by atoms with Crippen molar-refractivity contribution in [1.82, 2.24) is 30.9 Å². The van der Waals surface area contributed by atoms with Crippen molar-refractivity contribution in [3.05, 3.63) is 11.9 Å². The number of aryl methyl sites for hydroxylation is 1. The molecule has 24 heteroatoms. The normalized spacial score (nSPS) is 21.1. The molecule has 0 bridgehead atoms. The fourth-order valence-electron chi connectivity index (χ4n) is 6.59. The number of aliphatic carboxylic acids is 3. The standard InChI is InChI=1S/C38H57FN6O17/c1-18(2)23(38(61)42-25(13-32(54)55)26(48)9-19(3)36(59)40-14-28-33(56)35(58)34(57)29(17-46)62-28)12-27(49)24(6-7-30(50)51)41-37(60)20(11-31(52)53)10-22(47)16-45-15-21(43-44-45)5-4-8-39/h15,18-20,23-25,28-29,33-35,46,56-58H,4-14,16-17H2,1-3H3,(H,40,59)(H,41,60)(H,42,61)(H,50,51)(H,52,53)(H,54,55)/t19-,20+,23+,24+,25+,28+,29-,33+,34?,35?/m1/s1. The number of hydrogen-bond donors (Lipinski definition) is 10. The molecular formula is C38H57FN6O17. The van der Waals surface area contributed by atoms with Gasteiger partial charge in [0.05, 0.1) is 49.8 Å². The molecule has 1 fully saturated rings. The number of ether oxygens (including phenoxy) is 1. The van der Waals surface area contributed by atoms with Gasteiger partial charge in [-0.1, -0.05) is 26.0 Å². The van der Waals surface area contributed by atoms with Crippen molar-refractivity contribution in [2.45, 2.75) is 128 Å². The first kappa shape index (κ1) is 52.8. The Morgan fingerprint density at radius 3 is 1.97 bits per heavy atom. The van der Waals surface area contributed by atoms with Crippen LogP contribution in [0.15, 0.2) is 6.20 Å². The van der Waals surface area contributed by atoms with E-state index in [9.17, 15) is 83.3 Å². The van der Waals surface area contributed by atoms with Crippen LogP contribution in [0.2, 0.25) is 0 Å². The first-order chi connectivity index (χ1) is 29.1. The SMILES string of the molecule is CC(C)[C@H](CC(=O)[C@H](CCC(=O)O)NC(=O)[C@H](CC(=O)O)CC(=O)Cn1cc(CCCF)nn1)C(=O)N[C@@H](CC(=O)O)C(=O)C[C@@H](C)C(=O)NC[C@@H]1O[C@H](CO)C(O)C(O)[C@H]1O. The van der Waals surface area contributed by atoms with Crippen LogP contribution in [0.25, 0.3) is 0 Å². The smallest absolute Gasteiger partial charge is 0.305 e. The number of rotatable bonds is 29. The zero-order valence-corrected chi connectivity index (χ0v) is 34.6. The van der Waals surface area contributed by atoms with Gasteiger partial charge in [0.2, 0.25) is 17.7 Å². The van der Waals surface area contributed by atoms with Crippen molar-refractivity contribution in [2.24, 2.45) is 23.7 Å². The average molecular weight is 889 g/mol. The van der Waals surface area contributed by atoms with E-state index in [0.29, 0.717) is 5.69 Å². The number of alkyl halides is 1. The van der Waals surface area contributed by atoms with Gasteiger partial charge in [-0.25, -0.2) is 4.68 Å². The van der Waals surface area contributed by atoms with Gasteiger partial charge >= 0.3 is 17.9 Å². The second kappa shape index (κ2) is 25.6. The molecule has 62 heavy (non-hydrogen) atoms. The number of Topliss-reactive ketones (excluding diaryl/α,β-unsaturated/α-hetero) is 3. The zero-order valence-electron chi connectivity index (χ0n) is 34.6. The highest BCUT2D eigenvalue weighted by molar-refractivity contribution is 5.97. The van der Waals surface area contributed by atoms with Crippen molar-refractivity contribution in [1.29, 1.82) is 0 Å². The summed E-state index contributed by atoms with van der Waals surface area (Å²) in [5.74, 6) is -14.2. The second-order valence-electron chi connectivity index (χ2n) is 15.6. The molecule has 2 unspecified atom stereocenters. The maximum atomic E-state index is 13.7. The van der Waals surface area contributed by atoms with Gasteiger partial charge in [0.15, 0.2) is 17.3 Å². The van der Waals surface area contributed by atoms with Crippen LogP contribution in [0.5, 0.6) is 0 Å². The van der Waals surface area contributed by atoms with E-state index < -0.39 is 191 Å². The molecule has 1 aliphatic rings. The molecule has 0 aliphatic carbocycles. The van der Waals surface area contributed by atoms with E-state index in [-0.39, 0.29) is 12.8 Å². The number of carbonyl (C=O) groups is 9. The second-order valence-corrected chi connectivity index (χ2v) is 15.6. The quantitative estimate of drug-likeness (QED) is 0.0392. The lowest BCUT2D eigenvalue weighted by molar-refractivity contribution is -0.227. The van der Waals surface area contributed by atoms with Crippen LogP contribution in [0.4, 0.5) is 4.39 Å². The Kier molecular flexibility index (Phi) is 21.8. The molecule has 1 aliphatic heterocycles. The Labute approximate surface area is 354 Å². The summed E-state index contributed by atoms with van der Waals surface area (Å²) in [6, 6.07) is -3.29. The molecule has 1 aromatic heterocycles. The number of amides is 3. The first-order valence-electron chi connectivity index (χ1n) is 19.9. The summed E-state index contributed by atoms with van der Waals surface area (Å²) in [6.07, 6.45) is -10.5. The molecule has 0 spiro atoms. The molecule has 23 nitrogen and oxygen atoms in total. The third-order valence-corrected chi connectivity index (χ3v) is 10.2. The average Bonchev–Trinajstić information content (AvgIpc) is 3.64. The van der Waals surface area contributed by atoms with Crippen molar-refractivity contribution >= 4 is 53.0 Å². The number of carboxylic acid groups (broad SMARTS) is 3. The topological polar surface area (TPSA) is 371 Å². The number of nitrogens with one attached hydrogen (secondary N) is 3. The van der Waals surface area contributed by atoms with E-state index >= 15 is 0 Å². The van der Waals surface area contributed by atoms with Crippen molar-refractivity contribution in [3.63, 3.8) is 0 Å². The summed E-state index contributed by atoms with van der Waals surface area (Å²) in [4.78, 5) is 115. The van der Waals surface area contributed by atoms with Gasteiger partial charge in [-0.3, -0.25) is 47.5 Å². The van der Waals surface area contributed by atoms with Gasteiger partial charge in [-0.2, -0.15) is 0 Å². The molecule has 1 saturated heterocycles. The van der Waals surface area contributed by atoms with Crippen LogP contribution >= 0.6 is 0 Å². The summed E-state index contributed by atoms with van der Waals surface area (Å²) in [5, 5.41) is 82.6. The van der Waals surface area contributed by atoms with E-state index in [1.807, 2.05) is 0 Å². The number of halogens is 1. The van der Waals surface area contributed by atoms with Crippen LogP contribution in [0.1, 0.15) is 77.8 Å². The van der Waals surface area contributed by atoms with Crippen LogP contribution in [-0.4, -0.2) is 166 Å². The molecule has 10 atom stereocenters. The summed E-state index contributed by atoms with van der Waals surface area (Å²) in [5.41, 5.74) is 0.400. The number of hydrogen-bond acceptors (Lipinski definition) is 16. The minimum absolute atomic E-state index is 0.173. The number of aliphatic hydroxyl groups excluding tert-OH is 4. The van der Waals surface area contributed by atoms with Gasteiger partial charge in [0.1, 0.15) is 37.1 Å². The Hall–Kier alpha value is -5.30. The van der Waals surface area contributed by atoms with Gasteiger partial charge in [-0.15, -0.1) is 5.10 Å². The van der Waals surface area contributed by atoms with Gasteiger partial charge in [-0.05, 0) is 25.2 Å². The highest BCUT2D eigenvalue weighted by Gasteiger charge is 2.43. The Morgan fingerprint density at radius 1 is 0.774 bits per heavy atom.